The van der Waals surface area contributed by atoms with Crippen LogP contribution < -0.4 is 9.47 Å². The van der Waals surface area contributed by atoms with Crippen molar-refractivity contribution in [2.24, 2.45) is 5.92 Å². The van der Waals surface area contributed by atoms with E-state index in [-0.39, 0.29) is 11.8 Å². The molecule has 2 aliphatic rings. The summed E-state index contributed by atoms with van der Waals surface area (Å²) in [5.41, 5.74) is 1.72. The molecular formula is C18H24O6. The summed E-state index contributed by atoms with van der Waals surface area (Å²) in [6.07, 6.45) is 2.10. The van der Waals surface area contributed by atoms with Crippen LogP contribution in [0.3, 0.4) is 0 Å². The number of benzene rings is 1. The Morgan fingerprint density at radius 3 is 2.67 bits per heavy atom. The van der Waals surface area contributed by atoms with E-state index in [1.807, 2.05) is 12.1 Å². The second-order valence-corrected chi connectivity index (χ2v) is 6.19. The molecule has 0 amide bonds. The molecule has 1 N–H and O–H groups in total. The lowest BCUT2D eigenvalue weighted by Crippen LogP contribution is -2.10. The number of hydrogen-bond acceptors (Lipinski definition) is 5. The molecule has 1 heterocycles. The fourth-order valence-corrected chi connectivity index (χ4v) is 3.08. The predicted molar refractivity (Wildman–Crippen MR) is 86.5 cm³/mol. The first-order valence-corrected chi connectivity index (χ1v) is 8.46. The summed E-state index contributed by atoms with van der Waals surface area (Å²) < 4.78 is 22.7. The second kappa shape index (κ2) is 7.40. The van der Waals surface area contributed by atoms with Gasteiger partial charge < -0.3 is 24.1 Å². The van der Waals surface area contributed by atoms with Crippen molar-refractivity contribution in [1.29, 1.82) is 0 Å². The molecule has 3 rings (SSSR count). The van der Waals surface area contributed by atoms with Crippen molar-refractivity contribution in [3.8, 4) is 11.5 Å². The molecule has 6 nitrogen and oxygen atoms in total. The van der Waals surface area contributed by atoms with Crippen LogP contribution in [0.25, 0.3) is 0 Å². The number of aliphatic carboxylic acids is 1. The summed E-state index contributed by atoms with van der Waals surface area (Å²) in [6.45, 7) is 3.75. The molecule has 1 aliphatic carbocycles. The molecule has 0 unspecified atom stereocenters. The summed E-state index contributed by atoms with van der Waals surface area (Å²) in [5.74, 6) is 0.153. The van der Waals surface area contributed by atoms with Crippen LogP contribution in [0.4, 0.5) is 0 Å². The van der Waals surface area contributed by atoms with Gasteiger partial charge in [0.2, 0.25) is 0 Å². The normalized spacial score (nSPS) is 23.2. The molecule has 2 atom stereocenters. The van der Waals surface area contributed by atoms with E-state index < -0.39 is 12.3 Å². The highest BCUT2D eigenvalue weighted by atomic mass is 16.7. The minimum atomic E-state index is -0.768. The zero-order valence-electron chi connectivity index (χ0n) is 14.1. The van der Waals surface area contributed by atoms with E-state index in [1.54, 1.807) is 7.11 Å². The van der Waals surface area contributed by atoms with Crippen LogP contribution in [0, 0.1) is 5.92 Å². The van der Waals surface area contributed by atoms with Crippen LogP contribution in [-0.2, 0) is 14.3 Å². The van der Waals surface area contributed by atoms with Gasteiger partial charge in [-0.1, -0.05) is 13.3 Å². The number of carboxylic acid groups (broad SMARTS) is 1. The Kier molecular flexibility index (Phi) is 5.26. The van der Waals surface area contributed by atoms with Gasteiger partial charge in [-0.3, -0.25) is 4.79 Å². The first kappa shape index (κ1) is 17.0. The smallest absolute Gasteiger partial charge is 0.307 e. The number of rotatable bonds is 8. The van der Waals surface area contributed by atoms with Crippen molar-refractivity contribution in [3.05, 3.63) is 23.3 Å². The maximum absolute atomic E-state index is 11.3. The lowest BCUT2D eigenvalue weighted by molar-refractivity contribution is -0.138. The van der Waals surface area contributed by atoms with Gasteiger partial charge in [-0.25, -0.2) is 0 Å². The Labute approximate surface area is 141 Å². The van der Waals surface area contributed by atoms with E-state index in [0.717, 1.165) is 24.0 Å². The Balaban J connectivity index is 1.97. The van der Waals surface area contributed by atoms with E-state index in [1.165, 1.54) is 0 Å². The molecule has 1 aromatic rings. The summed E-state index contributed by atoms with van der Waals surface area (Å²) in [4.78, 5) is 11.3. The summed E-state index contributed by atoms with van der Waals surface area (Å²) in [7, 11) is 1.60. The molecule has 1 aromatic carbocycles. The zero-order chi connectivity index (χ0) is 17.1. The van der Waals surface area contributed by atoms with Crippen LogP contribution in [0.2, 0.25) is 0 Å². The van der Waals surface area contributed by atoms with Gasteiger partial charge in [0.15, 0.2) is 6.29 Å². The molecule has 0 aromatic heterocycles. The van der Waals surface area contributed by atoms with Gasteiger partial charge in [-0.05, 0) is 30.4 Å². The largest absolute Gasteiger partial charge is 0.497 e. The van der Waals surface area contributed by atoms with Gasteiger partial charge in [-0.15, -0.1) is 0 Å². The average Bonchev–Trinajstić information content (AvgIpc) is 3.21. The third kappa shape index (κ3) is 3.49. The third-order valence-electron chi connectivity index (χ3n) is 4.50. The van der Waals surface area contributed by atoms with Crippen LogP contribution >= 0.6 is 0 Å². The molecule has 2 fully saturated rings. The van der Waals surface area contributed by atoms with Crippen LogP contribution in [0.1, 0.15) is 49.5 Å². The van der Waals surface area contributed by atoms with Gasteiger partial charge in [-0.2, -0.15) is 0 Å². The monoisotopic (exact) mass is 336 g/mol. The molecule has 6 heteroatoms. The van der Waals surface area contributed by atoms with Crippen molar-refractivity contribution >= 4 is 5.97 Å². The Morgan fingerprint density at radius 1 is 1.33 bits per heavy atom. The lowest BCUT2D eigenvalue weighted by atomic mass is 9.99. The maximum Gasteiger partial charge on any atom is 0.307 e. The number of carboxylic acids is 1. The first-order valence-electron chi connectivity index (χ1n) is 8.46. The molecule has 0 bridgehead atoms. The van der Waals surface area contributed by atoms with Crippen molar-refractivity contribution in [2.45, 2.75) is 38.4 Å². The van der Waals surface area contributed by atoms with Crippen LogP contribution in [0.5, 0.6) is 11.5 Å². The van der Waals surface area contributed by atoms with Gasteiger partial charge >= 0.3 is 5.97 Å². The minimum Gasteiger partial charge on any atom is -0.497 e. The Morgan fingerprint density at radius 2 is 2.08 bits per heavy atom. The van der Waals surface area contributed by atoms with E-state index in [4.69, 9.17) is 18.9 Å². The molecule has 132 valence electrons. The number of carbonyl (C=O) groups is 1. The Hall–Kier alpha value is -1.79. The summed E-state index contributed by atoms with van der Waals surface area (Å²) in [6, 6.07) is 3.72. The fraction of sp³-hybridized carbons (Fsp3) is 0.611. The second-order valence-electron chi connectivity index (χ2n) is 6.19. The van der Waals surface area contributed by atoms with E-state index in [9.17, 15) is 9.90 Å². The van der Waals surface area contributed by atoms with Gasteiger partial charge in [0, 0.05) is 6.07 Å². The summed E-state index contributed by atoms with van der Waals surface area (Å²) >= 11 is 0. The number of unbranched alkanes of at least 4 members (excludes halogenated alkanes) is 1. The Bertz CT molecular complexity index is 593. The van der Waals surface area contributed by atoms with Crippen molar-refractivity contribution in [2.75, 3.05) is 26.9 Å². The highest BCUT2D eigenvalue weighted by Crippen LogP contribution is 2.53. The van der Waals surface area contributed by atoms with Gasteiger partial charge in [0.1, 0.15) is 11.5 Å². The maximum atomic E-state index is 11.3. The van der Waals surface area contributed by atoms with E-state index >= 15 is 0 Å². The van der Waals surface area contributed by atoms with Gasteiger partial charge in [0.05, 0.1) is 38.4 Å². The molecule has 0 radical (unpaired) electrons. The van der Waals surface area contributed by atoms with Crippen LogP contribution in [-0.4, -0.2) is 38.0 Å². The SMILES string of the molecule is CCCCOc1cc(OC)cc([C@H]2C[C@@H]2C(=O)O)c1C1OCCO1. The standard InChI is InChI=1S/C18H24O6/c1-3-4-5-22-15-9-11(21-2)8-13(12-10-14(12)17(19)20)16(15)18-23-6-7-24-18/h8-9,12,14,18H,3-7,10H2,1-2H3,(H,19,20)/t12-,14+/m1/s1. The molecule has 1 aliphatic heterocycles. The predicted octanol–water partition coefficient (Wildman–Crippen LogP) is 3.11. The highest BCUT2D eigenvalue weighted by Gasteiger charge is 2.47. The average molecular weight is 336 g/mol. The number of methoxy groups -OCH3 is 1. The molecule has 1 saturated carbocycles. The van der Waals surface area contributed by atoms with Gasteiger partial charge in [0.25, 0.3) is 0 Å². The van der Waals surface area contributed by atoms with E-state index in [2.05, 4.69) is 6.92 Å². The third-order valence-corrected chi connectivity index (χ3v) is 4.50. The number of ether oxygens (including phenoxy) is 4. The molecule has 1 saturated heterocycles. The molecule has 24 heavy (non-hydrogen) atoms. The molecule has 0 spiro atoms. The van der Waals surface area contributed by atoms with Crippen molar-refractivity contribution < 1.29 is 28.8 Å². The lowest BCUT2D eigenvalue weighted by Gasteiger charge is -2.21. The van der Waals surface area contributed by atoms with Crippen molar-refractivity contribution in [3.63, 3.8) is 0 Å². The quantitative estimate of drug-likeness (QED) is 0.735. The summed E-state index contributed by atoms with van der Waals surface area (Å²) in [5, 5.41) is 9.29. The first-order chi connectivity index (χ1) is 11.7. The van der Waals surface area contributed by atoms with E-state index in [0.29, 0.717) is 37.7 Å². The molecular weight excluding hydrogens is 312 g/mol. The highest BCUT2D eigenvalue weighted by molar-refractivity contribution is 5.75. The topological polar surface area (TPSA) is 74.2 Å². The fourth-order valence-electron chi connectivity index (χ4n) is 3.08. The number of hydrogen-bond donors (Lipinski definition) is 1. The minimum absolute atomic E-state index is 0.0473. The van der Waals surface area contributed by atoms with Crippen molar-refractivity contribution in [1.82, 2.24) is 0 Å². The van der Waals surface area contributed by atoms with Crippen LogP contribution in [0.15, 0.2) is 12.1 Å². The zero-order valence-corrected chi connectivity index (χ0v) is 14.1.